The number of aromatic amines is 1. The molecule has 0 fully saturated rings. The van der Waals surface area contributed by atoms with Gasteiger partial charge < -0.3 is 4.98 Å². The maximum absolute atomic E-state index is 4.37. The van der Waals surface area contributed by atoms with Crippen LogP contribution in [0, 0.1) is 0 Å². The molecule has 0 bridgehead atoms. The van der Waals surface area contributed by atoms with Gasteiger partial charge >= 0.3 is 0 Å². The first-order valence-corrected chi connectivity index (χ1v) is 5.47. The Morgan fingerprint density at radius 3 is 2.67 bits per heavy atom. The summed E-state index contributed by atoms with van der Waals surface area (Å²) in [6.45, 7) is 4.34. The molecule has 15 heavy (non-hydrogen) atoms. The number of pyridine rings is 1. The highest BCUT2D eigenvalue weighted by molar-refractivity contribution is 5.60. The van der Waals surface area contributed by atoms with Gasteiger partial charge in [0.15, 0.2) is 0 Å². The largest absolute Gasteiger partial charge is 0.357 e. The molecule has 0 amide bonds. The summed E-state index contributed by atoms with van der Waals surface area (Å²) in [5, 5.41) is 0. The van der Waals surface area contributed by atoms with E-state index in [1.807, 2.05) is 24.4 Å². The number of hydrogen-bond donors (Lipinski definition) is 1. The molecule has 2 heterocycles. The summed E-state index contributed by atoms with van der Waals surface area (Å²) in [5.41, 5.74) is 4.85. The van der Waals surface area contributed by atoms with Gasteiger partial charge in [0.2, 0.25) is 0 Å². The highest BCUT2D eigenvalue weighted by atomic mass is 14.8. The van der Waals surface area contributed by atoms with E-state index in [0.717, 1.165) is 18.5 Å². The van der Waals surface area contributed by atoms with Crippen molar-refractivity contribution >= 4 is 0 Å². The quantitative estimate of drug-likeness (QED) is 0.809. The van der Waals surface area contributed by atoms with Crippen molar-refractivity contribution in [1.82, 2.24) is 9.97 Å². The van der Waals surface area contributed by atoms with Crippen LogP contribution in [0.25, 0.3) is 11.4 Å². The minimum Gasteiger partial charge on any atom is -0.357 e. The fourth-order valence-corrected chi connectivity index (χ4v) is 1.77. The molecule has 78 valence electrons. The zero-order chi connectivity index (χ0) is 10.7. The second-order valence-electron chi connectivity index (χ2n) is 3.62. The molecule has 1 N–H and O–H groups in total. The summed E-state index contributed by atoms with van der Waals surface area (Å²) < 4.78 is 0. The number of nitrogens with one attached hydrogen (secondary N) is 1. The smallest absolute Gasteiger partial charge is 0.0867 e. The number of hydrogen-bond acceptors (Lipinski definition) is 1. The van der Waals surface area contributed by atoms with E-state index in [9.17, 15) is 0 Å². The Bertz CT molecular complexity index is 429. The monoisotopic (exact) mass is 200 g/mol. The number of aryl methyl sites for hydroxylation is 2. The van der Waals surface area contributed by atoms with Gasteiger partial charge in [-0.1, -0.05) is 19.9 Å². The van der Waals surface area contributed by atoms with Gasteiger partial charge in [0.25, 0.3) is 0 Å². The lowest BCUT2D eigenvalue weighted by atomic mass is 10.1. The Hall–Kier alpha value is -1.57. The van der Waals surface area contributed by atoms with Crippen molar-refractivity contribution in [3.05, 3.63) is 41.7 Å². The molecule has 0 aliphatic heterocycles. The molecule has 2 aromatic rings. The third-order valence-electron chi connectivity index (χ3n) is 2.64. The molecule has 0 atom stereocenters. The standard InChI is InChI=1S/C13H16N2/c1-3-10-9-11(4-2)15-13(10)12-7-5-6-8-14-12/h5-9,15H,3-4H2,1-2H3. The first kappa shape index (κ1) is 9.97. The molecule has 0 aliphatic carbocycles. The number of H-pyrrole nitrogens is 1. The van der Waals surface area contributed by atoms with Crippen LogP contribution in [0.3, 0.4) is 0 Å². The van der Waals surface area contributed by atoms with Gasteiger partial charge in [0.1, 0.15) is 0 Å². The second-order valence-corrected chi connectivity index (χ2v) is 3.62. The van der Waals surface area contributed by atoms with E-state index in [4.69, 9.17) is 0 Å². The highest BCUT2D eigenvalue weighted by Crippen LogP contribution is 2.22. The van der Waals surface area contributed by atoms with E-state index in [0.29, 0.717) is 0 Å². The Morgan fingerprint density at radius 2 is 2.07 bits per heavy atom. The fourth-order valence-electron chi connectivity index (χ4n) is 1.77. The van der Waals surface area contributed by atoms with E-state index in [1.165, 1.54) is 17.0 Å². The Morgan fingerprint density at radius 1 is 1.20 bits per heavy atom. The van der Waals surface area contributed by atoms with Gasteiger partial charge in [-0.3, -0.25) is 4.98 Å². The minimum absolute atomic E-state index is 1.04. The van der Waals surface area contributed by atoms with Gasteiger partial charge in [-0.05, 0) is 36.6 Å². The summed E-state index contributed by atoms with van der Waals surface area (Å²) in [4.78, 5) is 7.81. The minimum atomic E-state index is 1.04. The summed E-state index contributed by atoms with van der Waals surface area (Å²) in [7, 11) is 0. The van der Waals surface area contributed by atoms with Crippen molar-refractivity contribution in [1.29, 1.82) is 0 Å². The summed E-state index contributed by atoms with van der Waals surface area (Å²) in [5.74, 6) is 0. The van der Waals surface area contributed by atoms with Crippen molar-refractivity contribution in [2.24, 2.45) is 0 Å². The first-order chi connectivity index (χ1) is 7.35. The predicted molar refractivity (Wildman–Crippen MR) is 62.8 cm³/mol. The molecule has 2 heteroatoms. The van der Waals surface area contributed by atoms with Crippen LogP contribution < -0.4 is 0 Å². The van der Waals surface area contributed by atoms with Crippen LogP contribution in [0.5, 0.6) is 0 Å². The van der Waals surface area contributed by atoms with Crippen molar-refractivity contribution in [3.8, 4) is 11.4 Å². The number of rotatable bonds is 3. The second kappa shape index (κ2) is 4.30. The third kappa shape index (κ3) is 1.94. The molecule has 0 aromatic carbocycles. The molecule has 0 saturated heterocycles. The van der Waals surface area contributed by atoms with Crippen LogP contribution in [-0.2, 0) is 12.8 Å². The van der Waals surface area contributed by atoms with Crippen LogP contribution >= 0.6 is 0 Å². The van der Waals surface area contributed by atoms with Crippen LogP contribution in [0.15, 0.2) is 30.5 Å². The molecular formula is C13H16N2. The molecule has 0 aliphatic rings. The van der Waals surface area contributed by atoms with Crippen molar-refractivity contribution in [3.63, 3.8) is 0 Å². The van der Waals surface area contributed by atoms with Gasteiger partial charge in [-0.2, -0.15) is 0 Å². The molecule has 2 nitrogen and oxygen atoms in total. The maximum atomic E-state index is 4.37. The Balaban J connectivity index is 2.47. The average Bonchev–Trinajstić information content (AvgIpc) is 2.73. The average molecular weight is 200 g/mol. The van der Waals surface area contributed by atoms with E-state index in [1.54, 1.807) is 0 Å². The highest BCUT2D eigenvalue weighted by Gasteiger charge is 2.08. The molecular weight excluding hydrogens is 184 g/mol. The molecule has 0 saturated carbocycles. The predicted octanol–water partition coefficient (Wildman–Crippen LogP) is 3.20. The Labute approximate surface area is 90.4 Å². The molecule has 0 unspecified atom stereocenters. The molecule has 0 radical (unpaired) electrons. The van der Waals surface area contributed by atoms with Crippen LogP contribution in [0.4, 0.5) is 0 Å². The summed E-state index contributed by atoms with van der Waals surface area (Å²) in [6, 6.07) is 8.25. The molecule has 2 aromatic heterocycles. The van der Waals surface area contributed by atoms with Gasteiger partial charge in [-0.15, -0.1) is 0 Å². The fraction of sp³-hybridized carbons (Fsp3) is 0.308. The maximum Gasteiger partial charge on any atom is 0.0867 e. The van der Waals surface area contributed by atoms with E-state index >= 15 is 0 Å². The van der Waals surface area contributed by atoms with Crippen molar-refractivity contribution in [2.75, 3.05) is 0 Å². The van der Waals surface area contributed by atoms with E-state index in [-0.39, 0.29) is 0 Å². The van der Waals surface area contributed by atoms with Crippen LogP contribution in [0.1, 0.15) is 25.1 Å². The summed E-state index contributed by atoms with van der Waals surface area (Å²) in [6.07, 6.45) is 3.92. The van der Waals surface area contributed by atoms with Gasteiger partial charge in [0.05, 0.1) is 11.4 Å². The number of nitrogens with zero attached hydrogens (tertiary/aromatic N) is 1. The third-order valence-corrected chi connectivity index (χ3v) is 2.64. The van der Waals surface area contributed by atoms with Crippen LogP contribution in [-0.4, -0.2) is 9.97 Å². The summed E-state index contributed by atoms with van der Waals surface area (Å²) >= 11 is 0. The lowest BCUT2D eigenvalue weighted by molar-refractivity contribution is 1.06. The van der Waals surface area contributed by atoms with Gasteiger partial charge in [0, 0.05) is 11.9 Å². The lowest BCUT2D eigenvalue weighted by Gasteiger charge is -2.00. The lowest BCUT2D eigenvalue weighted by Crippen LogP contribution is -1.87. The van der Waals surface area contributed by atoms with Gasteiger partial charge in [-0.25, -0.2) is 0 Å². The van der Waals surface area contributed by atoms with Crippen molar-refractivity contribution in [2.45, 2.75) is 26.7 Å². The number of aromatic nitrogens is 2. The molecule has 0 spiro atoms. The van der Waals surface area contributed by atoms with E-state index < -0.39 is 0 Å². The topological polar surface area (TPSA) is 28.7 Å². The SMILES string of the molecule is CCc1cc(CC)c(-c2ccccn2)[nH]1. The normalized spacial score (nSPS) is 10.5. The zero-order valence-electron chi connectivity index (χ0n) is 9.25. The van der Waals surface area contributed by atoms with Crippen molar-refractivity contribution < 1.29 is 0 Å². The van der Waals surface area contributed by atoms with E-state index in [2.05, 4.69) is 29.9 Å². The zero-order valence-corrected chi connectivity index (χ0v) is 9.25. The Kier molecular flexibility index (Phi) is 2.86. The molecule has 2 rings (SSSR count). The van der Waals surface area contributed by atoms with Crippen LogP contribution in [0.2, 0.25) is 0 Å². The first-order valence-electron chi connectivity index (χ1n) is 5.47.